The first-order valence-corrected chi connectivity index (χ1v) is 16.5. The lowest BCUT2D eigenvalue weighted by Crippen LogP contribution is -2.58. The highest BCUT2D eigenvalue weighted by Gasteiger charge is 2.62. The molecule has 234 valence electrons. The fraction of sp³-hybridized carbons (Fsp3) is 0.970. The molecule has 4 rings (SSSR count). The number of hydrogen-bond donors (Lipinski definition) is 3. The van der Waals surface area contributed by atoms with E-state index < -0.39 is 6.29 Å². The number of nitrogens with one attached hydrogen (secondary N) is 1. The van der Waals surface area contributed by atoms with Crippen molar-refractivity contribution in [2.24, 2.45) is 52.3 Å². The lowest BCUT2D eigenvalue weighted by Gasteiger charge is -2.62. The lowest BCUT2D eigenvalue weighted by molar-refractivity contribution is -0.165. The van der Waals surface area contributed by atoms with Crippen molar-refractivity contribution in [3.05, 3.63) is 0 Å². The molecule has 9 atom stereocenters. The summed E-state index contributed by atoms with van der Waals surface area (Å²) in [6, 6.07) is 0. The van der Waals surface area contributed by atoms with Crippen LogP contribution in [-0.2, 0) is 4.74 Å². The lowest BCUT2D eigenvalue weighted by atomic mass is 9.44. The number of likely N-dealkylation sites (N-methyl/N-ethyl adjacent to an activating group) is 1. The smallest absolute Gasteiger partial charge is 0.407 e. The summed E-state index contributed by atoms with van der Waals surface area (Å²) < 4.78 is 6.27. The van der Waals surface area contributed by atoms with Crippen LogP contribution >= 0.6 is 17.0 Å². The molecule has 4 saturated carbocycles. The summed E-state index contributed by atoms with van der Waals surface area (Å²) >= 11 is 0. The molecule has 3 N–H and O–H groups in total. The van der Waals surface area contributed by atoms with Gasteiger partial charge in [0.15, 0.2) is 6.29 Å². The standard InChI is InChI=1S/C33H60N2O4.BrH/c1-22(2)9-7-10-23(3)26-15-16-27-25-14-13-24-11-8-12-29(33(24,5)28(25)17-18-32(26,27)4)39-31(38)34-19-20-35(6)21-30(36)37;/h22-30,36-37H,7-21H2,1-6H3,(H,34,38);1H/t23-,24?,25+,26-,27+,28+,29?,32-,33+;/m1./s1. The fourth-order valence-corrected chi connectivity index (χ4v) is 10.4. The molecule has 0 aromatic carbocycles. The summed E-state index contributed by atoms with van der Waals surface area (Å²) in [6.45, 7) is 13.6. The summed E-state index contributed by atoms with van der Waals surface area (Å²) in [5, 5.41) is 21.2. The molecule has 0 saturated heterocycles. The molecular weight excluding hydrogens is 568 g/mol. The van der Waals surface area contributed by atoms with Crippen LogP contribution in [0.15, 0.2) is 0 Å². The van der Waals surface area contributed by atoms with Crippen molar-refractivity contribution in [2.75, 3.05) is 26.7 Å². The largest absolute Gasteiger partial charge is 0.446 e. The SMILES string of the molecule is Br.CC(C)CCC[C@@H](C)[C@H]1CC[C@H]2[C@@H]3CCC4CCCC(OC(=O)NCCN(C)CC(O)O)[C@]4(C)[C@H]3CC[C@]12C. The molecule has 0 spiro atoms. The molecule has 2 unspecified atom stereocenters. The summed E-state index contributed by atoms with van der Waals surface area (Å²) in [5.41, 5.74) is 0.566. The zero-order valence-electron chi connectivity index (χ0n) is 26.4. The van der Waals surface area contributed by atoms with Gasteiger partial charge in [0.1, 0.15) is 6.10 Å². The van der Waals surface area contributed by atoms with Crippen LogP contribution < -0.4 is 5.32 Å². The molecule has 6 nitrogen and oxygen atoms in total. The second-order valence-corrected chi connectivity index (χ2v) is 15.0. The van der Waals surface area contributed by atoms with Gasteiger partial charge < -0.3 is 20.3 Å². The molecule has 4 fully saturated rings. The zero-order chi connectivity index (χ0) is 28.4. The quantitative estimate of drug-likeness (QED) is 0.214. The minimum Gasteiger partial charge on any atom is -0.446 e. The molecule has 0 aliphatic heterocycles. The monoisotopic (exact) mass is 628 g/mol. The molecule has 1 amide bonds. The second kappa shape index (κ2) is 14.4. The highest BCUT2D eigenvalue weighted by molar-refractivity contribution is 8.93. The average molecular weight is 630 g/mol. The van der Waals surface area contributed by atoms with E-state index in [0.717, 1.165) is 42.4 Å². The number of fused-ring (bicyclic) bond motifs is 5. The van der Waals surface area contributed by atoms with E-state index in [0.29, 0.717) is 30.3 Å². The minimum atomic E-state index is -1.36. The first-order chi connectivity index (χ1) is 18.5. The molecular formula is C33H61BrN2O4. The summed E-state index contributed by atoms with van der Waals surface area (Å²) in [4.78, 5) is 14.7. The van der Waals surface area contributed by atoms with E-state index in [1.54, 1.807) is 4.90 Å². The maximum atomic E-state index is 12.9. The van der Waals surface area contributed by atoms with Crippen LogP contribution in [0.2, 0.25) is 0 Å². The number of ether oxygens (including phenoxy) is 1. The van der Waals surface area contributed by atoms with Gasteiger partial charge in [-0.1, -0.05) is 53.9 Å². The second-order valence-electron chi connectivity index (χ2n) is 15.0. The van der Waals surface area contributed by atoms with E-state index in [9.17, 15) is 4.79 Å². The highest BCUT2D eigenvalue weighted by atomic mass is 79.9. The Morgan fingerprint density at radius 1 is 1.00 bits per heavy atom. The third kappa shape index (κ3) is 7.22. The van der Waals surface area contributed by atoms with E-state index in [1.807, 2.05) is 7.05 Å². The van der Waals surface area contributed by atoms with Gasteiger partial charge in [-0.25, -0.2) is 4.79 Å². The summed E-state index contributed by atoms with van der Waals surface area (Å²) in [7, 11) is 1.82. The number of carbonyl (C=O) groups excluding carboxylic acids is 1. The van der Waals surface area contributed by atoms with Gasteiger partial charge in [-0.05, 0) is 112 Å². The summed E-state index contributed by atoms with van der Waals surface area (Å²) in [6.07, 6.45) is 14.0. The molecule has 0 aromatic rings. The number of aliphatic hydroxyl groups excluding tert-OH is 1. The van der Waals surface area contributed by atoms with E-state index in [-0.39, 0.29) is 41.1 Å². The number of carbonyl (C=O) groups is 1. The maximum Gasteiger partial charge on any atom is 0.407 e. The van der Waals surface area contributed by atoms with Gasteiger partial charge in [0.25, 0.3) is 0 Å². The Hall–Kier alpha value is -0.370. The Morgan fingerprint density at radius 2 is 1.75 bits per heavy atom. The van der Waals surface area contributed by atoms with E-state index in [1.165, 1.54) is 64.2 Å². The fourth-order valence-electron chi connectivity index (χ4n) is 10.4. The zero-order valence-corrected chi connectivity index (χ0v) is 28.1. The average Bonchev–Trinajstić information content (AvgIpc) is 3.21. The van der Waals surface area contributed by atoms with Crippen LogP contribution in [0.5, 0.6) is 0 Å². The van der Waals surface area contributed by atoms with Crippen molar-refractivity contribution in [1.29, 1.82) is 0 Å². The number of halogens is 1. The minimum absolute atomic E-state index is 0. The molecule has 7 heteroatoms. The van der Waals surface area contributed by atoms with E-state index >= 15 is 0 Å². The van der Waals surface area contributed by atoms with Crippen LogP contribution in [0, 0.1) is 52.3 Å². The Kier molecular flexibility index (Phi) is 12.3. The first kappa shape index (κ1) is 34.1. The number of nitrogens with zero attached hydrogens (tertiary/aromatic N) is 1. The van der Waals surface area contributed by atoms with Gasteiger partial charge in [0, 0.05) is 25.0 Å². The molecule has 4 aliphatic rings. The predicted molar refractivity (Wildman–Crippen MR) is 167 cm³/mol. The first-order valence-electron chi connectivity index (χ1n) is 16.5. The van der Waals surface area contributed by atoms with Gasteiger partial charge in [0.2, 0.25) is 0 Å². The van der Waals surface area contributed by atoms with Crippen molar-refractivity contribution < 1.29 is 19.7 Å². The molecule has 0 bridgehead atoms. The Balaban J connectivity index is 0.00000441. The highest BCUT2D eigenvalue weighted by Crippen LogP contribution is 2.68. The van der Waals surface area contributed by atoms with E-state index in [4.69, 9.17) is 14.9 Å². The molecule has 4 aliphatic carbocycles. The van der Waals surface area contributed by atoms with Gasteiger partial charge in [-0.3, -0.25) is 4.90 Å². The number of aliphatic hydroxyl groups is 2. The van der Waals surface area contributed by atoms with Gasteiger partial charge in [-0.15, -0.1) is 17.0 Å². The van der Waals surface area contributed by atoms with Crippen molar-refractivity contribution in [3.8, 4) is 0 Å². The van der Waals surface area contributed by atoms with Crippen molar-refractivity contribution in [3.63, 3.8) is 0 Å². The maximum absolute atomic E-state index is 12.9. The Bertz CT molecular complexity index is 811. The Labute approximate surface area is 255 Å². The van der Waals surface area contributed by atoms with E-state index in [2.05, 4.69) is 39.9 Å². The Morgan fingerprint density at radius 3 is 2.45 bits per heavy atom. The van der Waals surface area contributed by atoms with Crippen molar-refractivity contribution in [2.45, 2.75) is 124 Å². The van der Waals surface area contributed by atoms with Crippen LogP contribution in [0.3, 0.4) is 0 Å². The normalized spacial score (nSPS) is 37.9. The van der Waals surface area contributed by atoms with Crippen LogP contribution in [0.4, 0.5) is 4.79 Å². The van der Waals surface area contributed by atoms with Crippen molar-refractivity contribution in [1.82, 2.24) is 10.2 Å². The molecule has 0 radical (unpaired) electrons. The van der Waals surface area contributed by atoms with Crippen LogP contribution in [0.25, 0.3) is 0 Å². The number of alkyl carbamates (subject to hydrolysis) is 1. The van der Waals surface area contributed by atoms with Gasteiger partial charge in [0.05, 0.1) is 0 Å². The summed E-state index contributed by atoms with van der Waals surface area (Å²) in [5.74, 6) is 5.46. The number of rotatable bonds is 11. The molecule has 40 heavy (non-hydrogen) atoms. The number of amides is 1. The van der Waals surface area contributed by atoms with Crippen LogP contribution in [-0.4, -0.2) is 60.3 Å². The van der Waals surface area contributed by atoms with Gasteiger partial charge in [-0.2, -0.15) is 0 Å². The molecule has 0 heterocycles. The topological polar surface area (TPSA) is 82.0 Å². The van der Waals surface area contributed by atoms with Crippen molar-refractivity contribution >= 4 is 23.1 Å². The number of hydrogen-bond acceptors (Lipinski definition) is 5. The third-order valence-corrected chi connectivity index (χ3v) is 12.4. The third-order valence-electron chi connectivity index (χ3n) is 12.4. The predicted octanol–water partition coefficient (Wildman–Crippen LogP) is 7.02. The van der Waals surface area contributed by atoms with Gasteiger partial charge >= 0.3 is 6.09 Å². The molecule has 0 aromatic heterocycles. The van der Waals surface area contributed by atoms with Crippen LogP contribution in [0.1, 0.15) is 112 Å².